The fourth-order valence-electron chi connectivity index (χ4n) is 3.58. The first-order chi connectivity index (χ1) is 15.8. The van der Waals surface area contributed by atoms with Crippen molar-refractivity contribution in [3.63, 3.8) is 0 Å². The van der Waals surface area contributed by atoms with E-state index in [9.17, 15) is 14.4 Å². The van der Waals surface area contributed by atoms with Crippen LogP contribution < -0.4 is 21.3 Å². The number of alkyl carbamates (subject to hydrolysis) is 2. The van der Waals surface area contributed by atoms with Gasteiger partial charge in [-0.15, -0.1) is 0 Å². The fraction of sp³-hybridized carbons (Fsp3) is 0.640. The van der Waals surface area contributed by atoms with E-state index in [1.807, 2.05) is 51.1 Å². The van der Waals surface area contributed by atoms with E-state index in [0.717, 1.165) is 5.56 Å². The highest BCUT2D eigenvalue weighted by molar-refractivity contribution is 5.86. The molecule has 1 aromatic rings. The van der Waals surface area contributed by atoms with Gasteiger partial charge in [0.1, 0.15) is 17.2 Å². The van der Waals surface area contributed by atoms with E-state index >= 15 is 0 Å². The Morgan fingerprint density at radius 1 is 1.00 bits per heavy atom. The maximum absolute atomic E-state index is 13.1. The Bertz CT molecular complexity index is 817. The lowest BCUT2D eigenvalue weighted by Gasteiger charge is -2.24. The first kappa shape index (κ1) is 27.4. The zero-order chi connectivity index (χ0) is 25.4. The Labute approximate surface area is 202 Å². The molecule has 34 heavy (non-hydrogen) atoms. The third kappa shape index (κ3) is 10.9. The van der Waals surface area contributed by atoms with E-state index in [2.05, 4.69) is 21.3 Å². The van der Waals surface area contributed by atoms with Crippen LogP contribution in [0.4, 0.5) is 9.59 Å². The molecule has 1 fully saturated rings. The zero-order valence-electron chi connectivity index (χ0n) is 21.2. The SMILES string of the molecule is CC(C)(C)OC(=O)NC[C@@H]1C[C@H](NC(=O)[C@H](CCc2ccccc2)NC(=O)OC(C)(C)C)CN1. The van der Waals surface area contributed by atoms with Gasteiger partial charge in [-0.2, -0.15) is 0 Å². The quantitative estimate of drug-likeness (QED) is 0.458. The lowest BCUT2D eigenvalue weighted by atomic mass is 10.0. The molecule has 1 aliphatic heterocycles. The lowest BCUT2D eigenvalue weighted by molar-refractivity contribution is -0.124. The van der Waals surface area contributed by atoms with E-state index in [4.69, 9.17) is 9.47 Å². The molecule has 0 unspecified atom stereocenters. The van der Waals surface area contributed by atoms with Crippen molar-refractivity contribution in [3.8, 4) is 0 Å². The second kappa shape index (κ2) is 12.1. The van der Waals surface area contributed by atoms with Gasteiger partial charge in [-0.05, 0) is 66.4 Å². The highest BCUT2D eigenvalue weighted by Crippen LogP contribution is 2.12. The van der Waals surface area contributed by atoms with Crippen molar-refractivity contribution in [3.05, 3.63) is 35.9 Å². The molecule has 1 aliphatic rings. The summed E-state index contributed by atoms with van der Waals surface area (Å²) < 4.78 is 10.6. The number of ether oxygens (including phenoxy) is 2. The zero-order valence-corrected chi connectivity index (χ0v) is 21.2. The summed E-state index contributed by atoms with van der Waals surface area (Å²) in [5.74, 6) is -0.255. The summed E-state index contributed by atoms with van der Waals surface area (Å²) in [5, 5.41) is 11.8. The van der Waals surface area contributed by atoms with Crippen molar-refractivity contribution in [1.82, 2.24) is 21.3 Å². The van der Waals surface area contributed by atoms with Crippen molar-refractivity contribution in [1.29, 1.82) is 0 Å². The van der Waals surface area contributed by atoms with Crippen molar-refractivity contribution in [2.24, 2.45) is 0 Å². The fourth-order valence-corrected chi connectivity index (χ4v) is 3.58. The predicted octanol–water partition coefficient (Wildman–Crippen LogP) is 2.88. The number of carbonyl (C=O) groups excluding carboxylic acids is 3. The largest absolute Gasteiger partial charge is 0.444 e. The molecule has 0 aromatic heterocycles. The van der Waals surface area contributed by atoms with Gasteiger partial charge < -0.3 is 30.7 Å². The molecule has 0 aliphatic carbocycles. The molecule has 1 aromatic carbocycles. The summed E-state index contributed by atoms with van der Waals surface area (Å²) in [5.41, 5.74) is -0.129. The van der Waals surface area contributed by atoms with Crippen LogP contribution in [0.1, 0.15) is 59.9 Å². The Morgan fingerprint density at radius 2 is 1.62 bits per heavy atom. The van der Waals surface area contributed by atoms with E-state index < -0.39 is 29.4 Å². The van der Waals surface area contributed by atoms with Crippen LogP contribution in [0.3, 0.4) is 0 Å². The minimum atomic E-state index is -0.728. The number of rotatable bonds is 8. The number of benzene rings is 1. The number of carbonyl (C=O) groups is 3. The summed E-state index contributed by atoms with van der Waals surface area (Å²) in [6, 6.07) is 8.99. The van der Waals surface area contributed by atoms with E-state index in [-0.39, 0.29) is 18.0 Å². The molecule has 3 atom stereocenters. The summed E-state index contributed by atoms with van der Waals surface area (Å²) in [7, 11) is 0. The third-order valence-corrected chi connectivity index (χ3v) is 5.03. The normalized spacial score (nSPS) is 19.1. The standard InChI is InChI=1S/C25H40N4O5/c1-24(2,3)33-22(31)27-15-18-14-19(16-26-18)28-21(30)20(29-23(32)34-25(4,5)6)13-12-17-10-8-7-9-11-17/h7-11,18-20,26H,12-16H2,1-6H3,(H,27,31)(H,28,30)(H,29,32)/t18-,19-,20-/m0/s1. The van der Waals surface area contributed by atoms with Crippen LogP contribution in [-0.2, 0) is 20.7 Å². The molecule has 0 saturated carbocycles. The third-order valence-electron chi connectivity index (χ3n) is 5.03. The van der Waals surface area contributed by atoms with Gasteiger partial charge in [-0.1, -0.05) is 30.3 Å². The Hall–Kier alpha value is -2.81. The van der Waals surface area contributed by atoms with Crippen molar-refractivity contribution in [2.45, 2.75) is 90.1 Å². The van der Waals surface area contributed by atoms with Gasteiger partial charge in [-0.3, -0.25) is 4.79 Å². The van der Waals surface area contributed by atoms with Gasteiger partial charge in [-0.25, -0.2) is 9.59 Å². The lowest BCUT2D eigenvalue weighted by Crippen LogP contribution is -2.51. The van der Waals surface area contributed by atoms with E-state index in [1.54, 1.807) is 20.8 Å². The molecular formula is C25H40N4O5. The number of nitrogens with one attached hydrogen (secondary N) is 4. The van der Waals surface area contributed by atoms with Gasteiger partial charge in [0, 0.05) is 25.2 Å². The van der Waals surface area contributed by atoms with E-state index in [1.165, 1.54) is 0 Å². The molecule has 2 rings (SSSR count). The van der Waals surface area contributed by atoms with Crippen LogP contribution in [0.5, 0.6) is 0 Å². The van der Waals surface area contributed by atoms with Gasteiger partial charge in [0.25, 0.3) is 0 Å². The summed E-state index contributed by atoms with van der Waals surface area (Å²) in [6.45, 7) is 11.7. The number of hydrogen-bond acceptors (Lipinski definition) is 6. The smallest absolute Gasteiger partial charge is 0.408 e. The van der Waals surface area contributed by atoms with E-state index in [0.29, 0.717) is 32.4 Å². The maximum Gasteiger partial charge on any atom is 0.408 e. The molecule has 3 amide bonds. The average Bonchev–Trinajstić information content (AvgIpc) is 3.15. The Balaban J connectivity index is 1.89. The highest BCUT2D eigenvalue weighted by Gasteiger charge is 2.30. The second-order valence-electron chi connectivity index (χ2n) is 10.7. The number of aryl methyl sites for hydroxylation is 1. The predicted molar refractivity (Wildman–Crippen MR) is 130 cm³/mol. The van der Waals surface area contributed by atoms with Crippen LogP contribution in [-0.4, -0.2) is 60.5 Å². The van der Waals surface area contributed by atoms with Crippen LogP contribution in [0.15, 0.2) is 30.3 Å². The summed E-state index contributed by atoms with van der Waals surface area (Å²) in [6.07, 6.45) is 0.646. The topological polar surface area (TPSA) is 118 Å². The first-order valence-corrected chi connectivity index (χ1v) is 11.8. The Kier molecular flexibility index (Phi) is 9.73. The van der Waals surface area contributed by atoms with Gasteiger partial charge in [0.05, 0.1) is 0 Å². The number of hydrogen-bond donors (Lipinski definition) is 4. The van der Waals surface area contributed by atoms with Crippen molar-refractivity contribution in [2.75, 3.05) is 13.1 Å². The molecule has 0 radical (unpaired) electrons. The second-order valence-corrected chi connectivity index (χ2v) is 10.7. The molecule has 9 heteroatoms. The van der Waals surface area contributed by atoms with Crippen molar-refractivity contribution >= 4 is 18.1 Å². The summed E-state index contributed by atoms with van der Waals surface area (Å²) in [4.78, 5) is 37.3. The highest BCUT2D eigenvalue weighted by atomic mass is 16.6. The molecule has 190 valence electrons. The van der Waals surface area contributed by atoms with Gasteiger partial charge in [0.15, 0.2) is 0 Å². The monoisotopic (exact) mass is 476 g/mol. The first-order valence-electron chi connectivity index (χ1n) is 11.8. The van der Waals surface area contributed by atoms with Gasteiger partial charge >= 0.3 is 12.2 Å². The molecular weight excluding hydrogens is 436 g/mol. The van der Waals surface area contributed by atoms with Crippen LogP contribution >= 0.6 is 0 Å². The minimum absolute atomic E-state index is 0.0133. The molecule has 0 spiro atoms. The van der Waals surface area contributed by atoms with Crippen molar-refractivity contribution < 1.29 is 23.9 Å². The maximum atomic E-state index is 13.1. The molecule has 0 bridgehead atoms. The van der Waals surface area contributed by atoms with Crippen LogP contribution in [0.25, 0.3) is 0 Å². The molecule has 4 N–H and O–H groups in total. The minimum Gasteiger partial charge on any atom is -0.444 e. The Morgan fingerprint density at radius 3 is 2.24 bits per heavy atom. The molecule has 9 nitrogen and oxygen atoms in total. The number of amides is 3. The van der Waals surface area contributed by atoms with Crippen LogP contribution in [0.2, 0.25) is 0 Å². The molecule has 1 saturated heterocycles. The van der Waals surface area contributed by atoms with Gasteiger partial charge in [0.2, 0.25) is 5.91 Å². The van der Waals surface area contributed by atoms with Crippen LogP contribution in [0, 0.1) is 0 Å². The molecule has 1 heterocycles. The summed E-state index contributed by atoms with van der Waals surface area (Å²) >= 11 is 0. The average molecular weight is 477 g/mol.